The summed E-state index contributed by atoms with van der Waals surface area (Å²) < 4.78 is 0. The average molecular weight is 236 g/mol. The number of benzene rings is 1. The summed E-state index contributed by atoms with van der Waals surface area (Å²) in [5, 5.41) is 11.0. The molecule has 1 aromatic rings. The minimum Gasteiger partial charge on any atom is -0.480 e. The van der Waals surface area contributed by atoms with Crippen LogP contribution < -0.4 is 11.1 Å². The van der Waals surface area contributed by atoms with Crippen LogP contribution in [0.2, 0.25) is 0 Å². The molecule has 0 aliphatic rings. The number of primary amides is 1. The van der Waals surface area contributed by atoms with E-state index in [0.717, 1.165) is 0 Å². The first-order valence-corrected chi connectivity index (χ1v) is 4.87. The largest absolute Gasteiger partial charge is 0.480 e. The van der Waals surface area contributed by atoms with E-state index in [1.165, 1.54) is 0 Å². The number of carbonyl (C=O) groups excluding carboxylic acids is 2. The number of amides is 2. The zero-order valence-electron chi connectivity index (χ0n) is 8.92. The molecule has 0 fully saturated rings. The van der Waals surface area contributed by atoms with Gasteiger partial charge >= 0.3 is 5.97 Å². The van der Waals surface area contributed by atoms with Crippen molar-refractivity contribution in [2.75, 3.05) is 0 Å². The standard InChI is InChI=1S/C11H12N2O4/c12-9(14)6-8(11(16)17)13-10(15)7-4-2-1-3-5-7/h1-5,8H,6H2,(H2,12,14)(H,13,15)(H,16,17)/t8-/m1/s1. The van der Waals surface area contributed by atoms with Crippen LogP contribution in [0.1, 0.15) is 16.8 Å². The first kappa shape index (κ1) is 12.7. The van der Waals surface area contributed by atoms with Crippen molar-refractivity contribution in [2.24, 2.45) is 5.73 Å². The second-order valence-electron chi connectivity index (χ2n) is 3.40. The first-order valence-electron chi connectivity index (χ1n) is 4.87. The lowest BCUT2D eigenvalue weighted by Gasteiger charge is -2.12. The lowest BCUT2D eigenvalue weighted by Crippen LogP contribution is -2.43. The molecule has 0 saturated carbocycles. The van der Waals surface area contributed by atoms with Crippen LogP contribution in [-0.4, -0.2) is 28.9 Å². The fourth-order valence-electron chi connectivity index (χ4n) is 1.23. The molecule has 1 rings (SSSR count). The summed E-state index contributed by atoms with van der Waals surface area (Å²) in [5.41, 5.74) is 5.21. The van der Waals surface area contributed by atoms with Gasteiger partial charge in [-0.15, -0.1) is 0 Å². The molecule has 0 unspecified atom stereocenters. The molecule has 0 spiro atoms. The Morgan fingerprint density at radius 2 is 1.82 bits per heavy atom. The van der Waals surface area contributed by atoms with E-state index in [9.17, 15) is 14.4 Å². The normalized spacial score (nSPS) is 11.5. The maximum Gasteiger partial charge on any atom is 0.326 e. The van der Waals surface area contributed by atoms with Crippen LogP contribution in [0.5, 0.6) is 0 Å². The van der Waals surface area contributed by atoms with E-state index < -0.39 is 30.2 Å². The van der Waals surface area contributed by atoms with Crippen molar-refractivity contribution >= 4 is 17.8 Å². The number of carboxylic acid groups (broad SMARTS) is 1. The molecule has 2 amide bonds. The van der Waals surface area contributed by atoms with Crippen molar-refractivity contribution in [3.8, 4) is 0 Å². The molecule has 17 heavy (non-hydrogen) atoms. The Morgan fingerprint density at radius 1 is 1.24 bits per heavy atom. The Balaban J connectivity index is 2.71. The van der Waals surface area contributed by atoms with Gasteiger partial charge in [0.05, 0.1) is 6.42 Å². The molecule has 0 bridgehead atoms. The van der Waals surface area contributed by atoms with Crippen molar-refractivity contribution in [3.63, 3.8) is 0 Å². The number of carbonyl (C=O) groups is 3. The Labute approximate surface area is 97.4 Å². The van der Waals surface area contributed by atoms with Gasteiger partial charge in [-0.3, -0.25) is 9.59 Å². The van der Waals surface area contributed by atoms with E-state index in [0.29, 0.717) is 5.56 Å². The molecule has 0 radical (unpaired) electrons. The maximum absolute atomic E-state index is 11.6. The van der Waals surface area contributed by atoms with Crippen LogP contribution in [-0.2, 0) is 9.59 Å². The Morgan fingerprint density at radius 3 is 2.29 bits per heavy atom. The van der Waals surface area contributed by atoms with E-state index in [-0.39, 0.29) is 0 Å². The van der Waals surface area contributed by atoms with Gasteiger partial charge in [0, 0.05) is 5.56 Å². The van der Waals surface area contributed by atoms with Crippen molar-refractivity contribution in [2.45, 2.75) is 12.5 Å². The number of nitrogens with one attached hydrogen (secondary N) is 1. The molecule has 6 heteroatoms. The number of rotatable bonds is 5. The van der Waals surface area contributed by atoms with Crippen molar-refractivity contribution in [1.29, 1.82) is 0 Å². The van der Waals surface area contributed by atoms with Gasteiger partial charge in [0.2, 0.25) is 5.91 Å². The molecule has 0 aromatic heterocycles. The Bertz CT molecular complexity index is 430. The molecular weight excluding hydrogens is 224 g/mol. The second kappa shape index (κ2) is 5.64. The zero-order valence-corrected chi connectivity index (χ0v) is 8.92. The van der Waals surface area contributed by atoms with Gasteiger partial charge in [-0.05, 0) is 12.1 Å². The van der Waals surface area contributed by atoms with Crippen molar-refractivity contribution in [1.82, 2.24) is 5.32 Å². The number of nitrogens with two attached hydrogens (primary N) is 1. The maximum atomic E-state index is 11.6. The molecule has 4 N–H and O–H groups in total. The van der Waals surface area contributed by atoms with Crippen LogP contribution in [0, 0.1) is 0 Å². The number of aliphatic carboxylic acids is 1. The highest BCUT2D eigenvalue weighted by molar-refractivity contribution is 5.97. The predicted octanol–water partition coefficient (Wildman–Crippen LogP) is -0.255. The van der Waals surface area contributed by atoms with Crippen LogP contribution in [0.3, 0.4) is 0 Å². The van der Waals surface area contributed by atoms with E-state index in [1.807, 2.05) is 0 Å². The van der Waals surface area contributed by atoms with Crippen LogP contribution >= 0.6 is 0 Å². The smallest absolute Gasteiger partial charge is 0.326 e. The van der Waals surface area contributed by atoms with Gasteiger partial charge in [0.15, 0.2) is 0 Å². The quantitative estimate of drug-likeness (QED) is 0.654. The van der Waals surface area contributed by atoms with Gasteiger partial charge in [0.1, 0.15) is 6.04 Å². The summed E-state index contributed by atoms with van der Waals surface area (Å²) >= 11 is 0. The van der Waals surface area contributed by atoms with Gasteiger partial charge in [-0.1, -0.05) is 18.2 Å². The Kier molecular flexibility index (Phi) is 4.21. The summed E-state index contributed by atoms with van der Waals surface area (Å²) in [6, 6.07) is 6.81. The fourth-order valence-corrected chi connectivity index (χ4v) is 1.23. The molecular formula is C11H12N2O4. The van der Waals surface area contributed by atoms with Gasteiger partial charge in [-0.2, -0.15) is 0 Å². The highest BCUT2D eigenvalue weighted by Gasteiger charge is 2.22. The van der Waals surface area contributed by atoms with Crippen molar-refractivity contribution < 1.29 is 19.5 Å². The lowest BCUT2D eigenvalue weighted by atomic mass is 10.1. The molecule has 0 heterocycles. The van der Waals surface area contributed by atoms with Gasteiger partial charge in [-0.25, -0.2) is 4.79 Å². The molecule has 0 aliphatic carbocycles. The van der Waals surface area contributed by atoms with Crippen LogP contribution in [0.25, 0.3) is 0 Å². The summed E-state index contributed by atoms with van der Waals surface area (Å²) in [7, 11) is 0. The number of carboxylic acids is 1. The third-order valence-corrected chi connectivity index (χ3v) is 2.04. The van der Waals surface area contributed by atoms with Crippen LogP contribution in [0.4, 0.5) is 0 Å². The lowest BCUT2D eigenvalue weighted by molar-refractivity contribution is -0.140. The number of hydrogen-bond acceptors (Lipinski definition) is 3. The van der Waals surface area contributed by atoms with Crippen LogP contribution in [0.15, 0.2) is 30.3 Å². The first-order chi connectivity index (χ1) is 8.00. The average Bonchev–Trinajstić information content (AvgIpc) is 2.28. The topological polar surface area (TPSA) is 109 Å². The molecule has 0 aliphatic heterocycles. The predicted molar refractivity (Wildman–Crippen MR) is 59.1 cm³/mol. The second-order valence-corrected chi connectivity index (χ2v) is 3.40. The van der Waals surface area contributed by atoms with Gasteiger partial charge < -0.3 is 16.2 Å². The summed E-state index contributed by atoms with van der Waals surface area (Å²) in [4.78, 5) is 33.0. The molecule has 90 valence electrons. The highest BCUT2D eigenvalue weighted by Crippen LogP contribution is 2.00. The molecule has 6 nitrogen and oxygen atoms in total. The van der Waals surface area contributed by atoms with E-state index in [2.05, 4.69) is 5.32 Å². The minimum absolute atomic E-state index is 0.322. The third kappa shape index (κ3) is 3.94. The number of hydrogen-bond donors (Lipinski definition) is 3. The summed E-state index contributed by atoms with van der Waals surface area (Å²) in [5.74, 6) is -2.64. The molecule has 1 atom stereocenters. The zero-order chi connectivity index (χ0) is 12.8. The highest BCUT2D eigenvalue weighted by atomic mass is 16.4. The monoisotopic (exact) mass is 236 g/mol. The minimum atomic E-state index is -1.31. The SMILES string of the molecule is NC(=O)C[C@@H](NC(=O)c1ccccc1)C(=O)O. The van der Waals surface area contributed by atoms with E-state index in [1.54, 1.807) is 30.3 Å². The van der Waals surface area contributed by atoms with E-state index in [4.69, 9.17) is 10.8 Å². The molecule has 1 aromatic carbocycles. The summed E-state index contributed by atoms with van der Waals surface area (Å²) in [6.07, 6.45) is -0.437. The Hall–Kier alpha value is -2.37. The third-order valence-electron chi connectivity index (χ3n) is 2.04. The van der Waals surface area contributed by atoms with Gasteiger partial charge in [0.25, 0.3) is 5.91 Å². The fraction of sp³-hybridized carbons (Fsp3) is 0.182. The van der Waals surface area contributed by atoms with Crippen molar-refractivity contribution in [3.05, 3.63) is 35.9 Å². The summed E-state index contributed by atoms with van der Waals surface area (Å²) in [6.45, 7) is 0. The van der Waals surface area contributed by atoms with E-state index >= 15 is 0 Å². The molecule has 0 saturated heterocycles.